The van der Waals surface area contributed by atoms with E-state index in [9.17, 15) is 0 Å². The maximum atomic E-state index is 6.26. The molecule has 1 atom stereocenters. The second-order valence-corrected chi connectivity index (χ2v) is 7.30. The fourth-order valence-corrected chi connectivity index (χ4v) is 3.49. The quantitative estimate of drug-likeness (QED) is 0.901. The van der Waals surface area contributed by atoms with E-state index >= 15 is 0 Å². The minimum atomic E-state index is 0.541. The zero-order chi connectivity index (χ0) is 14.5. The summed E-state index contributed by atoms with van der Waals surface area (Å²) in [6.45, 7) is 9.45. The molecule has 1 aromatic heterocycles. The van der Waals surface area contributed by atoms with Gasteiger partial charge in [-0.1, -0.05) is 25.4 Å². The smallest absolute Gasteiger partial charge is 0.129 e. The Morgan fingerprint density at radius 1 is 1.50 bits per heavy atom. The highest BCUT2D eigenvalue weighted by Gasteiger charge is 2.20. The number of thioether (sulfide) groups is 1. The molecular formula is C15H24ClN3S. The van der Waals surface area contributed by atoms with Crippen LogP contribution >= 0.6 is 23.4 Å². The van der Waals surface area contributed by atoms with Crippen LogP contribution in [0.5, 0.6) is 0 Å². The van der Waals surface area contributed by atoms with Crippen molar-refractivity contribution >= 4 is 29.2 Å². The Morgan fingerprint density at radius 3 is 3.00 bits per heavy atom. The zero-order valence-corrected chi connectivity index (χ0v) is 14.1. The monoisotopic (exact) mass is 313 g/mol. The van der Waals surface area contributed by atoms with E-state index in [0.29, 0.717) is 12.0 Å². The zero-order valence-electron chi connectivity index (χ0n) is 12.5. The maximum Gasteiger partial charge on any atom is 0.129 e. The van der Waals surface area contributed by atoms with Crippen LogP contribution in [0.4, 0.5) is 5.82 Å². The number of aromatic nitrogens is 1. The minimum absolute atomic E-state index is 0.541. The lowest BCUT2D eigenvalue weighted by molar-refractivity contribution is 0.548. The van der Waals surface area contributed by atoms with Crippen molar-refractivity contribution in [2.75, 3.05) is 29.5 Å². The van der Waals surface area contributed by atoms with Crippen LogP contribution in [-0.4, -0.2) is 35.6 Å². The Kier molecular flexibility index (Phi) is 6.00. The first kappa shape index (κ1) is 15.9. The third-order valence-electron chi connectivity index (χ3n) is 3.41. The van der Waals surface area contributed by atoms with E-state index in [2.05, 4.69) is 31.0 Å². The van der Waals surface area contributed by atoms with Gasteiger partial charge < -0.3 is 10.2 Å². The highest BCUT2D eigenvalue weighted by molar-refractivity contribution is 7.99. The fourth-order valence-electron chi connectivity index (χ4n) is 2.30. The van der Waals surface area contributed by atoms with Gasteiger partial charge in [-0.2, -0.15) is 11.8 Å². The van der Waals surface area contributed by atoms with Crippen LogP contribution < -0.4 is 10.2 Å². The SMILES string of the molecule is CC(C)CNCc1nc(N2CCSCC2C)ccc1Cl. The van der Waals surface area contributed by atoms with Gasteiger partial charge in [-0.15, -0.1) is 0 Å². The maximum absolute atomic E-state index is 6.26. The van der Waals surface area contributed by atoms with Gasteiger partial charge in [0.2, 0.25) is 0 Å². The summed E-state index contributed by atoms with van der Waals surface area (Å²) in [6, 6.07) is 4.56. The molecule has 0 radical (unpaired) electrons. The Balaban J connectivity index is 2.07. The van der Waals surface area contributed by atoms with Crippen LogP contribution in [-0.2, 0) is 6.54 Å². The van der Waals surface area contributed by atoms with E-state index < -0.39 is 0 Å². The number of anilines is 1. The first-order valence-electron chi connectivity index (χ1n) is 7.28. The van der Waals surface area contributed by atoms with Crippen LogP contribution in [0.2, 0.25) is 5.02 Å². The first-order valence-corrected chi connectivity index (χ1v) is 8.81. The minimum Gasteiger partial charge on any atom is -0.352 e. The van der Waals surface area contributed by atoms with Crippen LogP contribution in [0, 0.1) is 5.92 Å². The lowest BCUT2D eigenvalue weighted by Crippen LogP contribution is -2.41. The summed E-state index contributed by atoms with van der Waals surface area (Å²) >= 11 is 8.28. The third kappa shape index (κ3) is 4.27. The summed E-state index contributed by atoms with van der Waals surface area (Å²) in [4.78, 5) is 7.15. The average Bonchev–Trinajstić information content (AvgIpc) is 2.41. The van der Waals surface area contributed by atoms with Crippen molar-refractivity contribution in [3.05, 3.63) is 22.8 Å². The van der Waals surface area contributed by atoms with Crippen LogP contribution in [0.15, 0.2) is 12.1 Å². The van der Waals surface area contributed by atoms with E-state index in [0.717, 1.165) is 36.2 Å². The number of nitrogens with zero attached hydrogens (tertiary/aromatic N) is 2. The molecule has 0 saturated carbocycles. The number of rotatable bonds is 5. The fraction of sp³-hybridized carbons (Fsp3) is 0.667. The van der Waals surface area contributed by atoms with Gasteiger partial charge in [0.05, 0.1) is 10.7 Å². The summed E-state index contributed by atoms with van der Waals surface area (Å²) < 4.78 is 0. The van der Waals surface area contributed by atoms with Crippen molar-refractivity contribution in [2.45, 2.75) is 33.4 Å². The third-order valence-corrected chi connectivity index (χ3v) is 4.94. The summed E-state index contributed by atoms with van der Waals surface area (Å²) in [7, 11) is 0. The van der Waals surface area contributed by atoms with Gasteiger partial charge in [0.15, 0.2) is 0 Å². The van der Waals surface area contributed by atoms with Crippen molar-refractivity contribution in [1.82, 2.24) is 10.3 Å². The van der Waals surface area contributed by atoms with E-state index in [-0.39, 0.29) is 0 Å². The molecular weight excluding hydrogens is 290 g/mol. The molecule has 0 aromatic carbocycles. The largest absolute Gasteiger partial charge is 0.352 e. The molecule has 2 heterocycles. The van der Waals surface area contributed by atoms with E-state index in [1.165, 1.54) is 11.5 Å². The molecule has 1 aliphatic heterocycles. The van der Waals surface area contributed by atoms with Crippen LogP contribution in [0.25, 0.3) is 0 Å². The topological polar surface area (TPSA) is 28.2 Å². The Hall–Kier alpha value is -0.450. The summed E-state index contributed by atoms with van der Waals surface area (Å²) in [5, 5.41) is 4.17. The normalized spacial score (nSPS) is 19.6. The molecule has 0 aliphatic carbocycles. The Morgan fingerprint density at radius 2 is 2.30 bits per heavy atom. The molecule has 0 amide bonds. The van der Waals surface area contributed by atoms with Crippen molar-refractivity contribution in [2.24, 2.45) is 5.92 Å². The van der Waals surface area contributed by atoms with Crippen LogP contribution in [0.1, 0.15) is 26.5 Å². The molecule has 1 saturated heterocycles. The molecule has 2 rings (SSSR count). The van der Waals surface area contributed by atoms with E-state index in [1.54, 1.807) is 0 Å². The average molecular weight is 314 g/mol. The van der Waals surface area contributed by atoms with Gasteiger partial charge >= 0.3 is 0 Å². The van der Waals surface area contributed by atoms with Gasteiger partial charge in [-0.3, -0.25) is 0 Å². The second kappa shape index (κ2) is 7.53. The molecule has 5 heteroatoms. The lowest BCUT2D eigenvalue weighted by atomic mass is 10.2. The summed E-state index contributed by atoms with van der Waals surface area (Å²) in [5.74, 6) is 4.04. The molecule has 1 fully saturated rings. The predicted octanol–water partition coefficient (Wildman–Crippen LogP) is 3.42. The van der Waals surface area contributed by atoms with Gasteiger partial charge in [-0.05, 0) is 31.5 Å². The number of halogens is 1. The number of hydrogen-bond donors (Lipinski definition) is 1. The number of nitrogens with one attached hydrogen (secondary N) is 1. The first-order chi connectivity index (χ1) is 9.58. The molecule has 1 aromatic rings. The van der Waals surface area contributed by atoms with Gasteiger partial charge in [0.1, 0.15) is 5.82 Å². The highest BCUT2D eigenvalue weighted by Crippen LogP contribution is 2.25. The predicted molar refractivity (Wildman–Crippen MR) is 89.9 cm³/mol. The summed E-state index contributed by atoms with van der Waals surface area (Å²) in [6.07, 6.45) is 0. The molecule has 0 spiro atoms. The van der Waals surface area contributed by atoms with Crippen LogP contribution in [0.3, 0.4) is 0 Å². The Bertz CT molecular complexity index is 439. The number of hydrogen-bond acceptors (Lipinski definition) is 4. The second-order valence-electron chi connectivity index (χ2n) is 5.74. The molecule has 1 N–H and O–H groups in total. The molecule has 1 unspecified atom stereocenters. The standard InChI is InChI=1S/C15H24ClN3S/c1-11(2)8-17-9-14-13(16)4-5-15(18-14)19-6-7-20-10-12(19)3/h4-5,11-12,17H,6-10H2,1-3H3. The lowest BCUT2D eigenvalue weighted by Gasteiger charge is -2.34. The molecule has 20 heavy (non-hydrogen) atoms. The van der Waals surface area contributed by atoms with Crippen molar-refractivity contribution in [3.63, 3.8) is 0 Å². The number of pyridine rings is 1. The Labute approximate surface area is 131 Å². The van der Waals surface area contributed by atoms with E-state index in [4.69, 9.17) is 16.6 Å². The van der Waals surface area contributed by atoms with Gasteiger partial charge in [-0.25, -0.2) is 4.98 Å². The van der Waals surface area contributed by atoms with Crippen molar-refractivity contribution in [3.8, 4) is 0 Å². The van der Waals surface area contributed by atoms with Crippen molar-refractivity contribution < 1.29 is 0 Å². The van der Waals surface area contributed by atoms with E-state index in [1.807, 2.05) is 23.9 Å². The van der Waals surface area contributed by atoms with Crippen molar-refractivity contribution in [1.29, 1.82) is 0 Å². The molecule has 0 bridgehead atoms. The highest BCUT2D eigenvalue weighted by atomic mass is 35.5. The molecule has 1 aliphatic rings. The molecule has 112 valence electrons. The molecule has 3 nitrogen and oxygen atoms in total. The van der Waals surface area contributed by atoms with Gasteiger partial charge in [0.25, 0.3) is 0 Å². The summed E-state index contributed by atoms with van der Waals surface area (Å²) in [5.41, 5.74) is 0.954. The van der Waals surface area contributed by atoms with Gasteiger partial charge in [0, 0.05) is 30.6 Å².